The average molecular weight is 339 g/mol. The molecule has 4 nitrogen and oxygen atoms in total. The van der Waals surface area contributed by atoms with Gasteiger partial charge in [-0.3, -0.25) is 4.79 Å². The minimum Gasteiger partial charge on any atom is -0.457 e. The number of amidine groups is 1. The van der Waals surface area contributed by atoms with E-state index in [-0.39, 0.29) is 11.1 Å². The lowest BCUT2D eigenvalue weighted by molar-refractivity contribution is -0.113. The minimum atomic E-state index is -0.360. The van der Waals surface area contributed by atoms with Crippen molar-refractivity contribution in [2.75, 3.05) is 0 Å². The van der Waals surface area contributed by atoms with Gasteiger partial charge in [0.25, 0.3) is 5.91 Å². The minimum absolute atomic E-state index is 0.236. The van der Waals surface area contributed by atoms with E-state index in [1.54, 1.807) is 36.4 Å². The van der Waals surface area contributed by atoms with Gasteiger partial charge in [-0.2, -0.15) is 4.99 Å². The molecular weight excluding hydrogens is 331 g/mol. The number of halogens is 2. The molecule has 1 aliphatic rings. The summed E-state index contributed by atoms with van der Waals surface area (Å²) in [6.07, 6.45) is 1.60. The molecule has 2 aromatic rings. The monoisotopic (exact) mass is 338 g/mol. The second-order valence-corrected chi connectivity index (χ2v) is 6.16. The van der Waals surface area contributed by atoms with Gasteiger partial charge in [-0.25, -0.2) is 0 Å². The highest BCUT2D eigenvalue weighted by Gasteiger charge is 2.20. The van der Waals surface area contributed by atoms with Crippen molar-refractivity contribution in [2.24, 2.45) is 10.7 Å². The van der Waals surface area contributed by atoms with Gasteiger partial charge in [0.2, 0.25) is 0 Å². The fourth-order valence-electron chi connectivity index (χ4n) is 1.84. The maximum Gasteiger partial charge on any atom is 0.286 e. The van der Waals surface area contributed by atoms with Gasteiger partial charge >= 0.3 is 0 Å². The number of hydrogen-bond donors (Lipinski definition) is 1. The molecule has 0 saturated carbocycles. The number of thioether (sulfide) groups is 1. The third-order valence-electron chi connectivity index (χ3n) is 2.68. The van der Waals surface area contributed by atoms with Crippen molar-refractivity contribution in [1.82, 2.24) is 0 Å². The number of amides is 1. The zero-order valence-electron chi connectivity index (χ0n) is 10.5. The molecule has 0 fully saturated rings. The van der Waals surface area contributed by atoms with Crippen molar-refractivity contribution in [3.8, 4) is 11.3 Å². The highest BCUT2D eigenvalue weighted by Crippen LogP contribution is 2.31. The van der Waals surface area contributed by atoms with Crippen LogP contribution in [-0.2, 0) is 4.79 Å². The molecule has 0 radical (unpaired) electrons. The van der Waals surface area contributed by atoms with Crippen molar-refractivity contribution in [3.05, 3.63) is 51.0 Å². The van der Waals surface area contributed by atoms with Crippen LogP contribution in [0.15, 0.2) is 44.6 Å². The summed E-state index contributed by atoms with van der Waals surface area (Å²) in [5, 5.41) is 1.28. The van der Waals surface area contributed by atoms with E-state index in [9.17, 15) is 4.79 Å². The molecule has 2 N–H and O–H groups in total. The Labute approximate surface area is 134 Å². The topological polar surface area (TPSA) is 68.6 Å². The summed E-state index contributed by atoms with van der Waals surface area (Å²) in [5.74, 6) is 0.777. The number of hydrogen-bond acceptors (Lipinski definition) is 4. The maximum atomic E-state index is 11.5. The fourth-order valence-corrected chi connectivity index (χ4v) is 3.02. The van der Waals surface area contributed by atoms with Crippen LogP contribution in [0.2, 0.25) is 10.0 Å². The smallest absolute Gasteiger partial charge is 0.286 e. The van der Waals surface area contributed by atoms with Crippen molar-refractivity contribution in [2.45, 2.75) is 0 Å². The van der Waals surface area contributed by atoms with E-state index in [0.717, 1.165) is 17.3 Å². The molecule has 0 bridgehead atoms. The summed E-state index contributed by atoms with van der Waals surface area (Å²) < 4.78 is 5.67. The first-order chi connectivity index (χ1) is 10.0. The standard InChI is InChI=1S/C14H8Cl2N2O2S/c15-8-3-7(4-9(16)5-8)11-2-1-10(20-11)6-12-13(19)18-14(17)21-12/h1-6H,(H2,17,18,19). The maximum absolute atomic E-state index is 11.5. The van der Waals surface area contributed by atoms with E-state index < -0.39 is 0 Å². The molecule has 1 aromatic carbocycles. The molecule has 0 unspecified atom stereocenters. The molecule has 106 valence electrons. The molecule has 0 spiro atoms. The Morgan fingerprint density at radius 3 is 2.52 bits per heavy atom. The zero-order valence-corrected chi connectivity index (χ0v) is 12.8. The molecule has 0 saturated heterocycles. The zero-order chi connectivity index (χ0) is 15.0. The number of benzene rings is 1. The predicted molar refractivity (Wildman–Crippen MR) is 86.4 cm³/mol. The van der Waals surface area contributed by atoms with Crippen LogP contribution in [0.4, 0.5) is 0 Å². The molecule has 1 amide bonds. The summed E-state index contributed by atoms with van der Waals surface area (Å²) in [7, 11) is 0. The first kappa shape index (κ1) is 14.3. The number of nitrogens with zero attached hydrogens (tertiary/aromatic N) is 1. The number of rotatable bonds is 2. The molecular formula is C14H8Cl2N2O2S. The molecule has 21 heavy (non-hydrogen) atoms. The molecule has 0 aliphatic carbocycles. The largest absolute Gasteiger partial charge is 0.457 e. The van der Waals surface area contributed by atoms with Crippen LogP contribution in [0.1, 0.15) is 5.76 Å². The molecule has 1 aliphatic heterocycles. The SMILES string of the molecule is NC1=NC(=O)C(=Cc2ccc(-c3cc(Cl)cc(Cl)c3)o2)S1. The van der Waals surface area contributed by atoms with Crippen LogP contribution in [-0.4, -0.2) is 11.1 Å². The number of carbonyl (C=O) groups excluding carboxylic acids is 1. The van der Waals surface area contributed by atoms with Gasteiger partial charge in [0, 0.05) is 21.7 Å². The van der Waals surface area contributed by atoms with Crippen LogP contribution in [0.3, 0.4) is 0 Å². The Kier molecular flexibility index (Phi) is 3.80. The van der Waals surface area contributed by atoms with Gasteiger partial charge < -0.3 is 10.2 Å². The second-order valence-electron chi connectivity index (χ2n) is 4.23. The van der Waals surface area contributed by atoms with Crippen molar-refractivity contribution in [3.63, 3.8) is 0 Å². The van der Waals surface area contributed by atoms with E-state index >= 15 is 0 Å². The normalized spacial score (nSPS) is 16.6. The lowest BCUT2D eigenvalue weighted by Crippen LogP contribution is -2.01. The fraction of sp³-hybridized carbons (Fsp3) is 0. The average Bonchev–Trinajstić information content (AvgIpc) is 2.96. The van der Waals surface area contributed by atoms with Gasteiger partial charge in [0.1, 0.15) is 11.5 Å². The van der Waals surface area contributed by atoms with E-state index in [1.807, 2.05) is 0 Å². The Morgan fingerprint density at radius 1 is 1.19 bits per heavy atom. The van der Waals surface area contributed by atoms with E-state index in [2.05, 4.69) is 4.99 Å². The molecule has 7 heteroatoms. The van der Waals surface area contributed by atoms with Crippen molar-refractivity contribution >= 4 is 52.1 Å². The summed E-state index contributed by atoms with van der Waals surface area (Å²) in [4.78, 5) is 15.6. The molecule has 0 atom stereocenters. The Balaban J connectivity index is 1.90. The van der Waals surface area contributed by atoms with Crippen LogP contribution in [0, 0.1) is 0 Å². The third kappa shape index (κ3) is 3.15. The number of carbonyl (C=O) groups is 1. The predicted octanol–water partition coefficient (Wildman–Crippen LogP) is 4.18. The highest BCUT2D eigenvalue weighted by molar-refractivity contribution is 8.18. The summed E-state index contributed by atoms with van der Waals surface area (Å²) in [6.45, 7) is 0. The van der Waals surface area contributed by atoms with Crippen LogP contribution < -0.4 is 5.73 Å². The number of furan rings is 1. The molecule has 2 heterocycles. The second kappa shape index (κ2) is 5.60. The van der Waals surface area contributed by atoms with Gasteiger partial charge in [0.05, 0.1) is 4.91 Å². The third-order valence-corrected chi connectivity index (χ3v) is 3.93. The van der Waals surface area contributed by atoms with Gasteiger partial charge in [0.15, 0.2) is 5.17 Å². The molecule has 1 aromatic heterocycles. The summed E-state index contributed by atoms with van der Waals surface area (Å²) in [5.41, 5.74) is 6.25. The van der Waals surface area contributed by atoms with E-state index in [4.69, 9.17) is 33.4 Å². The Morgan fingerprint density at radius 2 is 1.90 bits per heavy atom. The lowest BCUT2D eigenvalue weighted by Gasteiger charge is -1.99. The van der Waals surface area contributed by atoms with Crippen LogP contribution in [0.25, 0.3) is 17.4 Å². The quantitative estimate of drug-likeness (QED) is 0.834. The number of aliphatic imine (C=N–C) groups is 1. The summed E-state index contributed by atoms with van der Waals surface area (Å²) >= 11 is 13.0. The first-order valence-corrected chi connectivity index (χ1v) is 7.43. The van der Waals surface area contributed by atoms with E-state index in [1.165, 1.54) is 0 Å². The van der Waals surface area contributed by atoms with Gasteiger partial charge in [-0.1, -0.05) is 23.2 Å². The van der Waals surface area contributed by atoms with Crippen LogP contribution in [0.5, 0.6) is 0 Å². The van der Waals surface area contributed by atoms with Crippen LogP contribution >= 0.6 is 35.0 Å². The Hall–Kier alpha value is -1.69. The van der Waals surface area contributed by atoms with Crippen molar-refractivity contribution in [1.29, 1.82) is 0 Å². The number of nitrogens with two attached hydrogens (primary N) is 1. The lowest BCUT2D eigenvalue weighted by atomic mass is 10.2. The molecule has 3 rings (SSSR count). The summed E-state index contributed by atoms with van der Waals surface area (Å²) in [6, 6.07) is 8.67. The first-order valence-electron chi connectivity index (χ1n) is 5.85. The van der Waals surface area contributed by atoms with E-state index in [0.29, 0.717) is 26.5 Å². The van der Waals surface area contributed by atoms with Crippen molar-refractivity contribution < 1.29 is 9.21 Å². The highest BCUT2D eigenvalue weighted by atomic mass is 35.5. The Bertz CT molecular complexity index is 776. The van der Waals surface area contributed by atoms with Gasteiger partial charge in [-0.15, -0.1) is 0 Å². The van der Waals surface area contributed by atoms with Gasteiger partial charge in [-0.05, 0) is 42.1 Å².